The highest BCUT2D eigenvalue weighted by molar-refractivity contribution is 7.13. The first-order valence-electron chi connectivity index (χ1n) is 5.48. The fraction of sp³-hybridized carbons (Fsp3) is 0.636. The molecule has 0 radical (unpaired) electrons. The third-order valence-corrected chi connectivity index (χ3v) is 3.54. The molecule has 1 aromatic rings. The van der Waals surface area contributed by atoms with Crippen molar-refractivity contribution >= 4 is 22.4 Å². The van der Waals surface area contributed by atoms with Crippen molar-refractivity contribution in [1.82, 2.24) is 4.98 Å². The molecule has 0 bridgehead atoms. The summed E-state index contributed by atoms with van der Waals surface area (Å²) in [5, 5.41) is 6.06. The van der Waals surface area contributed by atoms with Crippen molar-refractivity contribution < 1.29 is 14.3 Å². The summed E-state index contributed by atoms with van der Waals surface area (Å²) < 4.78 is 9.96. The number of hydrogen-bond donors (Lipinski definition) is 1. The van der Waals surface area contributed by atoms with Crippen molar-refractivity contribution in [3.8, 4) is 0 Å². The second kappa shape index (κ2) is 5.01. The highest BCUT2D eigenvalue weighted by Crippen LogP contribution is 2.26. The normalized spacial score (nSPS) is 23.6. The van der Waals surface area contributed by atoms with Crippen LogP contribution < -0.4 is 5.32 Å². The van der Waals surface area contributed by atoms with Crippen LogP contribution in [-0.2, 0) is 20.7 Å². The van der Waals surface area contributed by atoms with E-state index < -0.39 is 0 Å². The van der Waals surface area contributed by atoms with Gasteiger partial charge in [-0.05, 0) is 13.3 Å². The molecule has 94 valence electrons. The van der Waals surface area contributed by atoms with Crippen LogP contribution in [0.15, 0.2) is 5.38 Å². The van der Waals surface area contributed by atoms with E-state index in [1.165, 1.54) is 18.4 Å². The van der Waals surface area contributed by atoms with Gasteiger partial charge in [-0.25, -0.2) is 4.98 Å². The fourth-order valence-electron chi connectivity index (χ4n) is 1.69. The summed E-state index contributed by atoms with van der Waals surface area (Å²) in [7, 11) is 1.38. The molecule has 0 spiro atoms. The first-order valence-corrected chi connectivity index (χ1v) is 6.36. The van der Waals surface area contributed by atoms with E-state index in [2.05, 4.69) is 22.0 Å². The first-order chi connectivity index (χ1) is 8.11. The average Bonchev–Trinajstić information content (AvgIpc) is 2.89. The third-order valence-electron chi connectivity index (χ3n) is 2.73. The molecule has 0 aromatic carbocycles. The lowest BCUT2D eigenvalue weighted by molar-refractivity contribution is -0.139. The Labute approximate surface area is 104 Å². The number of nitrogens with zero attached hydrogens (tertiary/aromatic N) is 1. The number of esters is 1. The van der Waals surface area contributed by atoms with Gasteiger partial charge < -0.3 is 14.8 Å². The zero-order valence-corrected chi connectivity index (χ0v) is 10.8. The number of methoxy groups -OCH3 is 1. The van der Waals surface area contributed by atoms with Gasteiger partial charge in [0.2, 0.25) is 0 Å². The van der Waals surface area contributed by atoms with Gasteiger partial charge in [-0.3, -0.25) is 4.79 Å². The lowest BCUT2D eigenvalue weighted by Gasteiger charge is -2.22. The summed E-state index contributed by atoms with van der Waals surface area (Å²) in [6.07, 6.45) is 1.20. The van der Waals surface area contributed by atoms with Crippen LogP contribution in [0.4, 0.5) is 5.13 Å². The van der Waals surface area contributed by atoms with Crippen LogP contribution >= 0.6 is 11.3 Å². The van der Waals surface area contributed by atoms with E-state index in [1.54, 1.807) is 0 Å². The van der Waals surface area contributed by atoms with Gasteiger partial charge in [-0.15, -0.1) is 11.3 Å². The molecular weight excluding hydrogens is 240 g/mol. The standard InChI is InChI=1S/C11H16N2O3S/c1-11(3-4-16-7-11)13-10-12-8(6-17-10)5-9(14)15-2/h6H,3-5,7H2,1-2H3,(H,12,13). The molecular formula is C11H16N2O3S. The van der Waals surface area contributed by atoms with E-state index in [1.807, 2.05) is 5.38 Å². The minimum absolute atomic E-state index is 0.0413. The Balaban J connectivity index is 1.96. The zero-order valence-electron chi connectivity index (χ0n) is 9.99. The van der Waals surface area contributed by atoms with Crippen LogP contribution in [0.1, 0.15) is 19.0 Å². The molecule has 2 heterocycles. The van der Waals surface area contributed by atoms with Gasteiger partial charge in [0, 0.05) is 12.0 Å². The Morgan fingerprint density at radius 2 is 2.59 bits per heavy atom. The number of anilines is 1. The summed E-state index contributed by atoms with van der Waals surface area (Å²) in [6.45, 7) is 3.59. The van der Waals surface area contributed by atoms with E-state index in [-0.39, 0.29) is 17.9 Å². The molecule has 6 heteroatoms. The quantitative estimate of drug-likeness (QED) is 0.826. The second-order valence-electron chi connectivity index (χ2n) is 4.39. The number of hydrogen-bond acceptors (Lipinski definition) is 6. The summed E-state index contributed by atoms with van der Waals surface area (Å²) in [5.74, 6) is -0.266. The zero-order chi connectivity index (χ0) is 12.3. The Kier molecular flexibility index (Phi) is 3.63. The molecule has 1 N–H and O–H groups in total. The number of aromatic nitrogens is 1. The number of rotatable bonds is 4. The fourth-order valence-corrected chi connectivity index (χ4v) is 2.55. The van der Waals surface area contributed by atoms with Crippen LogP contribution in [-0.4, -0.2) is 36.8 Å². The average molecular weight is 256 g/mol. The highest BCUT2D eigenvalue weighted by atomic mass is 32.1. The van der Waals surface area contributed by atoms with E-state index in [9.17, 15) is 4.79 Å². The predicted molar refractivity (Wildman–Crippen MR) is 65.3 cm³/mol. The SMILES string of the molecule is COC(=O)Cc1csc(NC2(C)CCOC2)n1. The van der Waals surface area contributed by atoms with Gasteiger partial charge in [0.15, 0.2) is 5.13 Å². The van der Waals surface area contributed by atoms with Crippen molar-refractivity contribution in [3.05, 3.63) is 11.1 Å². The molecule has 1 saturated heterocycles. The molecule has 2 rings (SSSR count). The van der Waals surface area contributed by atoms with E-state index >= 15 is 0 Å². The van der Waals surface area contributed by atoms with Crippen LogP contribution in [0.3, 0.4) is 0 Å². The molecule has 1 aliphatic rings. The van der Waals surface area contributed by atoms with Gasteiger partial charge in [-0.2, -0.15) is 0 Å². The molecule has 1 atom stereocenters. The maximum Gasteiger partial charge on any atom is 0.311 e. The van der Waals surface area contributed by atoms with Crippen LogP contribution in [0.5, 0.6) is 0 Å². The summed E-state index contributed by atoms with van der Waals surface area (Å²) in [6, 6.07) is 0. The summed E-state index contributed by atoms with van der Waals surface area (Å²) in [5.41, 5.74) is 0.701. The molecule has 0 amide bonds. The largest absolute Gasteiger partial charge is 0.469 e. The molecule has 0 saturated carbocycles. The molecule has 17 heavy (non-hydrogen) atoms. The van der Waals surface area contributed by atoms with Gasteiger partial charge in [0.25, 0.3) is 0 Å². The lowest BCUT2D eigenvalue weighted by Crippen LogP contribution is -2.34. The van der Waals surface area contributed by atoms with Crippen molar-refractivity contribution in [2.45, 2.75) is 25.3 Å². The van der Waals surface area contributed by atoms with Crippen molar-refractivity contribution in [2.24, 2.45) is 0 Å². The molecule has 0 aliphatic carbocycles. The highest BCUT2D eigenvalue weighted by Gasteiger charge is 2.30. The Morgan fingerprint density at radius 1 is 1.76 bits per heavy atom. The lowest BCUT2D eigenvalue weighted by atomic mass is 10.0. The maximum absolute atomic E-state index is 11.1. The number of carbonyl (C=O) groups is 1. The third kappa shape index (κ3) is 3.17. The van der Waals surface area contributed by atoms with Gasteiger partial charge >= 0.3 is 5.97 Å². The van der Waals surface area contributed by atoms with E-state index in [0.717, 1.165) is 23.9 Å². The smallest absolute Gasteiger partial charge is 0.311 e. The van der Waals surface area contributed by atoms with Crippen LogP contribution in [0.2, 0.25) is 0 Å². The van der Waals surface area contributed by atoms with Gasteiger partial charge in [0.1, 0.15) is 0 Å². The first kappa shape index (κ1) is 12.3. The number of ether oxygens (including phenoxy) is 2. The maximum atomic E-state index is 11.1. The second-order valence-corrected chi connectivity index (χ2v) is 5.24. The number of carbonyl (C=O) groups excluding carboxylic acids is 1. The predicted octanol–water partition coefficient (Wildman–Crippen LogP) is 1.45. The molecule has 1 unspecified atom stereocenters. The number of nitrogens with one attached hydrogen (secondary N) is 1. The summed E-state index contributed by atoms with van der Waals surface area (Å²) in [4.78, 5) is 15.5. The monoisotopic (exact) mass is 256 g/mol. The Bertz CT molecular complexity index is 399. The van der Waals surface area contributed by atoms with Crippen molar-refractivity contribution in [2.75, 3.05) is 25.6 Å². The molecule has 5 nitrogen and oxygen atoms in total. The van der Waals surface area contributed by atoms with Gasteiger partial charge in [0.05, 0.1) is 31.4 Å². The molecule has 1 aliphatic heterocycles. The minimum atomic E-state index is -0.266. The Hall–Kier alpha value is -1.14. The Morgan fingerprint density at radius 3 is 3.24 bits per heavy atom. The van der Waals surface area contributed by atoms with Crippen LogP contribution in [0, 0.1) is 0 Å². The van der Waals surface area contributed by atoms with Crippen molar-refractivity contribution in [3.63, 3.8) is 0 Å². The van der Waals surface area contributed by atoms with Crippen LogP contribution in [0.25, 0.3) is 0 Å². The van der Waals surface area contributed by atoms with Gasteiger partial charge in [-0.1, -0.05) is 0 Å². The van der Waals surface area contributed by atoms with E-state index in [4.69, 9.17) is 4.74 Å². The molecule has 1 fully saturated rings. The number of thiazole rings is 1. The van der Waals surface area contributed by atoms with E-state index in [0.29, 0.717) is 6.61 Å². The topological polar surface area (TPSA) is 60.5 Å². The minimum Gasteiger partial charge on any atom is -0.469 e. The summed E-state index contributed by atoms with van der Waals surface area (Å²) >= 11 is 1.50. The van der Waals surface area contributed by atoms with Crippen molar-refractivity contribution in [1.29, 1.82) is 0 Å². The molecule has 1 aromatic heterocycles.